The first-order valence-electron chi connectivity index (χ1n) is 15.9. The molecule has 0 radical (unpaired) electrons. The van der Waals surface area contributed by atoms with Crippen molar-refractivity contribution in [3.63, 3.8) is 0 Å². The van der Waals surface area contributed by atoms with Gasteiger partial charge in [-0.05, 0) is 71.1 Å². The smallest absolute Gasteiger partial charge is 0.318 e. The van der Waals surface area contributed by atoms with Gasteiger partial charge in [-0.3, -0.25) is 9.80 Å². The number of carbonyl (C=O) groups excluding carboxylic acids is 1. The van der Waals surface area contributed by atoms with Crippen molar-refractivity contribution in [1.82, 2.24) is 30.2 Å². The summed E-state index contributed by atoms with van der Waals surface area (Å²) in [4.78, 5) is 25.2. The Bertz CT molecular complexity index is 1030. The minimum absolute atomic E-state index is 0.00521. The molecule has 1 N–H and O–H groups in total. The quantitative estimate of drug-likeness (QED) is 0.517. The summed E-state index contributed by atoms with van der Waals surface area (Å²) in [6, 6.07) is -1.36. The van der Waals surface area contributed by atoms with Crippen molar-refractivity contribution in [1.29, 1.82) is 0 Å². The Morgan fingerprint density at radius 2 is 1.70 bits per heavy atom. The van der Waals surface area contributed by atoms with Crippen molar-refractivity contribution in [3.05, 3.63) is 11.7 Å². The molecule has 224 valence electrons. The fourth-order valence-electron chi connectivity index (χ4n) is 7.95. The van der Waals surface area contributed by atoms with Gasteiger partial charge in [-0.15, -0.1) is 0 Å². The van der Waals surface area contributed by atoms with E-state index in [2.05, 4.69) is 41.0 Å². The Labute approximate surface area is 237 Å². The van der Waals surface area contributed by atoms with E-state index in [1.807, 2.05) is 4.90 Å². The minimum Gasteiger partial charge on any atom is -0.339 e. The highest BCUT2D eigenvalue weighted by atomic mass is 19.3. The molecule has 0 aromatic carbocycles. The molecular weight excluding hydrogens is 514 g/mol. The van der Waals surface area contributed by atoms with E-state index in [-0.39, 0.29) is 30.0 Å². The predicted octanol–water partition coefficient (Wildman–Crippen LogP) is 5.15. The summed E-state index contributed by atoms with van der Waals surface area (Å²) in [5, 5.41) is 7.32. The molecule has 3 aliphatic carbocycles. The molecule has 8 nitrogen and oxygen atoms in total. The van der Waals surface area contributed by atoms with Crippen LogP contribution in [0.25, 0.3) is 0 Å². The van der Waals surface area contributed by atoms with E-state index in [0.29, 0.717) is 43.7 Å². The molecule has 2 unspecified atom stereocenters. The number of likely N-dealkylation sites (tertiary alicyclic amines) is 1. The van der Waals surface area contributed by atoms with Gasteiger partial charge in [0.1, 0.15) is 6.04 Å². The molecule has 4 atom stereocenters. The van der Waals surface area contributed by atoms with Gasteiger partial charge in [0.05, 0.1) is 0 Å². The first-order chi connectivity index (χ1) is 19.1. The molecule has 0 spiro atoms. The molecule has 3 heterocycles. The molecule has 5 aliphatic rings. The van der Waals surface area contributed by atoms with Crippen molar-refractivity contribution in [3.8, 4) is 0 Å². The third-order valence-electron chi connectivity index (χ3n) is 10.8. The van der Waals surface area contributed by atoms with E-state index in [1.54, 1.807) is 0 Å². The molecule has 10 heteroatoms. The number of urea groups is 1. The van der Waals surface area contributed by atoms with Gasteiger partial charge in [-0.2, -0.15) is 4.98 Å². The molecule has 0 bridgehead atoms. The Hall–Kier alpha value is -1.81. The summed E-state index contributed by atoms with van der Waals surface area (Å²) < 4.78 is 36.7. The summed E-state index contributed by atoms with van der Waals surface area (Å²) in [5.74, 6) is -0.637. The van der Waals surface area contributed by atoms with Crippen molar-refractivity contribution in [2.24, 2.45) is 5.92 Å². The minimum atomic E-state index is -2.91. The second kappa shape index (κ2) is 11.1. The average Bonchev–Trinajstić information content (AvgIpc) is 3.40. The number of carbonyl (C=O) groups is 1. The van der Waals surface area contributed by atoms with Crippen LogP contribution in [0.4, 0.5) is 13.6 Å². The van der Waals surface area contributed by atoms with Crippen molar-refractivity contribution < 1.29 is 18.1 Å². The monoisotopic (exact) mass is 562 g/mol. The van der Waals surface area contributed by atoms with E-state index < -0.39 is 12.0 Å². The molecule has 2 aliphatic heterocycles. The highest BCUT2D eigenvalue weighted by Gasteiger charge is 2.52. The summed E-state index contributed by atoms with van der Waals surface area (Å²) in [6.07, 6.45) is 9.17. The summed E-state index contributed by atoms with van der Waals surface area (Å²) in [5.41, 5.74) is -0.284. The topological polar surface area (TPSA) is 77.7 Å². The Morgan fingerprint density at radius 3 is 2.38 bits per heavy atom. The molecule has 5 fully saturated rings. The van der Waals surface area contributed by atoms with Crippen LogP contribution in [0.3, 0.4) is 0 Å². The number of amides is 2. The van der Waals surface area contributed by atoms with E-state index >= 15 is 8.78 Å². The molecule has 2 saturated heterocycles. The number of piperazine rings is 1. The Morgan fingerprint density at radius 1 is 0.975 bits per heavy atom. The Kier molecular flexibility index (Phi) is 7.87. The van der Waals surface area contributed by atoms with E-state index in [1.165, 1.54) is 0 Å². The lowest BCUT2D eigenvalue weighted by molar-refractivity contribution is -0.0979. The van der Waals surface area contributed by atoms with Crippen LogP contribution in [0, 0.1) is 5.92 Å². The van der Waals surface area contributed by atoms with E-state index in [0.717, 1.165) is 82.8 Å². The fourth-order valence-corrected chi connectivity index (χ4v) is 7.95. The zero-order valence-corrected chi connectivity index (χ0v) is 24.6. The van der Waals surface area contributed by atoms with Gasteiger partial charge in [0.25, 0.3) is 5.92 Å². The number of piperidine rings is 1. The summed E-state index contributed by atoms with van der Waals surface area (Å²) in [7, 11) is 0. The van der Waals surface area contributed by atoms with Crippen LogP contribution in [-0.4, -0.2) is 93.7 Å². The lowest BCUT2D eigenvalue weighted by Crippen LogP contribution is -2.67. The van der Waals surface area contributed by atoms with Crippen LogP contribution in [0.2, 0.25) is 0 Å². The lowest BCUT2D eigenvalue weighted by Gasteiger charge is -2.49. The SMILES string of the molecule is CC(C)N1CCN([C@@H]2CCCC(F)(F)[C@H]2NC(=O)N2CCC(C)(c3noc(C4CC4)n3)CC2C2CCCC2)CC1. The lowest BCUT2D eigenvalue weighted by atomic mass is 9.72. The van der Waals surface area contributed by atoms with Gasteiger partial charge < -0.3 is 14.7 Å². The van der Waals surface area contributed by atoms with Crippen LogP contribution in [-0.2, 0) is 5.41 Å². The standard InChI is InChI=1S/C30H48F2N6O2/c1-20(2)36-15-17-37(18-16-36)23-9-6-12-30(31,32)25(23)33-28(39)38-14-13-29(3,19-24(38)21-7-4-5-8-21)27-34-26(40-35-27)22-10-11-22/h20-25H,4-19H2,1-3H3,(H,33,39)/t23-,24?,25+,29?/m1/s1. The van der Waals surface area contributed by atoms with E-state index in [9.17, 15) is 4.79 Å². The largest absolute Gasteiger partial charge is 0.339 e. The molecule has 3 saturated carbocycles. The number of rotatable bonds is 6. The molecule has 2 amide bonds. The normalized spacial score (nSPS) is 34.5. The first kappa shape index (κ1) is 28.3. The van der Waals surface area contributed by atoms with E-state index in [4.69, 9.17) is 9.51 Å². The van der Waals surface area contributed by atoms with Crippen molar-refractivity contribution >= 4 is 6.03 Å². The van der Waals surface area contributed by atoms with Gasteiger partial charge in [0.15, 0.2) is 5.82 Å². The van der Waals surface area contributed by atoms with Gasteiger partial charge in [0, 0.05) is 68.6 Å². The number of hydrogen-bond acceptors (Lipinski definition) is 6. The maximum atomic E-state index is 15.5. The van der Waals surface area contributed by atoms with Gasteiger partial charge in [0.2, 0.25) is 5.89 Å². The van der Waals surface area contributed by atoms with Crippen LogP contribution in [0.5, 0.6) is 0 Å². The Balaban J connectivity index is 1.18. The molecule has 6 rings (SSSR count). The summed E-state index contributed by atoms with van der Waals surface area (Å²) >= 11 is 0. The molecule has 40 heavy (non-hydrogen) atoms. The van der Waals surface area contributed by atoms with Crippen molar-refractivity contribution in [2.45, 2.75) is 133 Å². The maximum Gasteiger partial charge on any atom is 0.318 e. The third kappa shape index (κ3) is 5.63. The van der Waals surface area contributed by atoms with Crippen LogP contribution in [0.1, 0.15) is 109 Å². The van der Waals surface area contributed by atoms with Gasteiger partial charge in [-0.1, -0.05) is 24.9 Å². The fraction of sp³-hybridized carbons (Fsp3) is 0.900. The third-order valence-corrected chi connectivity index (χ3v) is 10.8. The number of halogens is 2. The average molecular weight is 563 g/mol. The van der Waals surface area contributed by atoms with Crippen LogP contribution in [0.15, 0.2) is 4.52 Å². The highest BCUT2D eigenvalue weighted by Crippen LogP contribution is 2.45. The number of nitrogens with zero attached hydrogens (tertiary/aromatic N) is 5. The van der Waals surface area contributed by atoms with Crippen molar-refractivity contribution in [2.75, 3.05) is 32.7 Å². The zero-order chi connectivity index (χ0) is 28.1. The number of aromatic nitrogens is 2. The maximum absolute atomic E-state index is 15.5. The van der Waals surface area contributed by atoms with Gasteiger partial charge in [-0.25, -0.2) is 13.6 Å². The van der Waals surface area contributed by atoms with Crippen LogP contribution < -0.4 is 5.32 Å². The second-order valence-corrected chi connectivity index (χ2v) is 13.9. The van der Waals surface area contributed by atoms with Gasteiger partial charge >= 0.3 is 6.03 Å². The highest BCUT2D eigenvalue weighted by molar-refractivity contribution is 5.75. The molecular formula is C30H48F2N6O2. The van der Waals surface area contributed by atoms with Crippen LogP contribution >= 0.6 is 0 Å². The summed E-state index contributed by atoms with van der Waals surface area (Å²) in [6.45, 7) is 10.4. The predicted molar refractivity (Wildman–Crippen MR) is 148 cm³/mol. The number of nitrogens with one attached hydrogen (secondary N) is 1. The first-order valence-corrected chi connectivity index (χ1v) is 15.9. The number of hydrogen-bond donors (Lipinski definition) is 1. The zero-order valence-electron chi connectivity index (χ0n) is 24.6. The molecule has 1 aromatic heterocycles. The second-order valence-electron chi connectivity index (χ2n) is 13.9. The number of alkyl halides is 2. The molecule has 1 aromatic rings.